The quantitative estimate of drug-likeness (QED) is 0.781. The summed E-state index contributed by atoms with van der Waals surface area (Å²) in [6.45, 7) is 4.18. The summed E-state index contributed by atoms with van der Waals surface area (Å²) in [6.07, 6.45) is -4.71. The van der Waals surface area contributed by atoms with E-state index in [1.54, 1.807) is 6.92 Å². The second-order valence-electron chi connectivity index (χ2n) is 4.72. The van der Waals surface area contributed by atoms with Crippen LogP contribution in [-0.4, -0.2) is 18.9 Å². The van der Waals surface area contributed by atoms with Gasteiger partial charge in [-0.05, 0) is 49.6 Å². The van der Waals surface area contributed by atoms with Gasteiger partial charge in [0.05, 0.1) is 15.7 Å². The average Bonchev–Trinajstić information content (AvgIpc) is 2.35. The summed E-state index contributed by atoms with van der Waals surface area (Å²) in [5.41, 5.74) is -1.52. The first-order valence-electron chi connectivity index (χ1n) is 6.10. The van der Waals surface area contributed by atoms with Crippen molar-refractivity contribution < 1.29 is 26.4 Å². The molecule has 0 aliphatic heterocycles. The van der Waals surface area contributed by atoms with Gasteiger partial charge in [-0.3, -0.25) is 4.79 Å². The first-order valence-corrected chi connectivity index (χ1v) is 8.03. The van der Waals surface area contributed by atoms with Crippen LogP contribution in [0.4, 0.5) is 13.2 Å². The first kappa shape index (κ1) is 18.0. The van der Waals surface area contributed by atoms with Crippen LogP contribution in [0.5, 0.6) is 0 Å². The van der Waals surface area contributed by atoms with Crippen molar-refractivity contribution in [1.29, 1.82) is 0 Å². The van der Waals surface area contributed by atoms with Gasteiger partial charge >= 0.3 is 6.18 Å². The molecule has 0 radical (unpaired) electrons. The molecule has 0 aliphatic carbocycles. The lowest BCUT2D eigenvalue weighted by atomic mass is 10.0. The zero-order chi connectivity index (χ0) is 16.6. The molecule has 0 atom stereocenters. The molecule has 0 heterocycles. The molecule has 21 heavy (non-hydrogen) atoms. The lowest BCUT2D eigenvalue weighted by molar-refractivity contribution is -0.139. The fraction of sp³-hybridized carbons (Fsp3) is 0.462. The molecule has 0 unspecified atom stereocenters. The van der Waals surface area contributed by atoms with Crippen LogP contribution in [0.25, 0.3) is 0 Å². The van der Waals surface area contributed by atoms with Crippen molar-refractivity contribution in [3.8, 4) is 0 Å². The highest BCUT2D eigenvalue weighted by molar-refractivity contribution is 7.92. The van der Waals surface area contributed by atoms with Crippen LogP contribution in [0.15, 0.2) is 17.0 Å². The highest BCUT2D eigenvalue weighted by Crippen LogP contribution is 2.37. The Morgan fingerprint density at radius 3 is 2.14 bits per heavy atom. The lowest BCUT2D eigenvalue weighted by Gasteiger charge is -2.18. The molecule has 1 rings (SSSR count). The molecule has 1 aromatic carbocycles. The molecule has 0 aromatic heterocycles. The number of alkyl halides is 3. The molecular formula is C13H14ClF3O3S. The van der Waals surface area contributed by atoms with Crippen LogP contribution in [0.2, 0.25) is 0 Å². The molecule has 0 N–H and O–H groups in total. The van der Waals surface area contributed by atoms with Crippen LogP contribution in [0.1, 0.15) is 42.3 Å². The summed E-state index contributed by atoms with van der Waals surface area (Å²) in [6, 6.07) is 1.41. The number of sulfone groups is 1. The van der Waals surface area contributed by atoms with Crippen molar-refractivity contribution in [2.75, 3.05) is 0 Å². The molecule has 0 amide bonds. The molecule has 0 saturated heterocycles. The van der Waals surface area contributed by atoms with Crippen molar-refractivity contribution in [3.05, 3.63) is 28.8 Å². The van der Waals surface area contributed by atoms with Gasteiger partial charge in [0.15, 0.2) is 9.84 Å². The molecular weight excluding hydrogens is 329 g/mol. The molecule has 3 nitrogen and oxygen atoms in total. The third kappa shape index (κ3) is 3.58. The maximum Gasteiger partial charge on any atom is 0.417 e. The minimum Gasteiger partial charge on any atom is -0.276 e. The van der Waals surface area contributed by atoms with E-state index in [-0.39, 0.29) is 17.5 Å². The molecule has 0 bridgehead atoms. The summed E-state index contributed by atoms with van der Waals surface area (Å²) in [5, 5.41) is -2.06. The van der Waals surface area contributed by atoms with Crippen molar-refractivity contribution in [2.45, 2.75) is 43.5 Å². The molecule has 0 saturated carbocycles. The van der Waals surface area contributed by atoms with Gasteiger partial charge in [0.25, 0.3) is 5.24 Å². The normalized spacial score (nSPS) is 12.8. The van der Waals surface area contributed by atoms with E-state index in [2.05, 4.69) is 0 Å². The molecule has 0 spiro atoms. The van der Waals surface area contributed by atoms with E-state index >= 15 is 0 Å². The van der Waals surface area contributed by atoms with E-state index in [9.17, 15) is 26.4 Å². The number of halogens is 4. The van der Waals surface area contributed by atoms with Gasteiger partial charge < -0.3 is 0 Å². The highest BCUT2D eigenvalue weighted by Gasteiger charge is 2.39. The third-order valence-corrected chi connectivity index (χ3v) is 5.43. The summed E-state index contributed by atoms with van der Waals surface area (Å²) < 4.78 is 63.6. The standard InChI is InChI=1S/C13H14ClF3O3S/c1-4-8-5-11(21(19,20)7(2)3)10(13(15,16)17)6-9(8)12(14)18/h5-7H,4H2,1-3H3. The summed E-state index contributed by atoms with van der Waals surface area (Å²) in [4.78, 5) is 10.4. The van der Waals surface area contributed by atoms with Crippen molar-refractivity contribution >= 4 is 26.7 Å². The van der Waals surface area contributed by atoms with E-state index in [1.165, 1.54) is 13.8 Å². The number of benzene rings is 1. The lowest BCUT2D eigenvalue weighted by Crippen LogP contribution is -2.21. The number of aryl methyl sites for hydroxylation is 1. The Labute approximate surface area is 126 Å². The fourth-order valence-electron chi connectivity index (χ4n) is 1.81. The van der Waals surface area contributed by atoms with Gasteiger partial charge in [-0.15, -0.1) is 0 Å². The van der Waals surface area contributed by atoms with Crippen LogP contribution in [0, 0.1) is 0 Å². The summed E-state index contributed by atoms with van der Waals surface area (Å²) in [5.74, 6) is 0. The van der Waals surface area contributed by atoms with E-state index < -0.39 is 37.0 Å². The predicted molar refractivity (Wildman–Crippen MR) is 73.3 cm³/mol. The molecule has 8 heteroatoms. The van der Waals surface area contributed by atoms with Crippen LogP contribution in [-0.2, 0) is 22.4 Å². The summed E-state index contributed by atoms with van der Waals surface area (Å²) >= 11 is 5.28. The van der Waals surface area contributed by atoms with Gasteiger partial charge in [0.1, 0.15) is 0 Å². The zero-order valence-corrected chi connectivity index (χ0v) is 13.2. The van der Waals surface area contributed by atoms with Crippen LogP contribution < -0.4 is 0 Å². The minimum absolute atomic E-state index is 0.169. The first-order chi connectivity index (χ1) is 9.42. The SMILES string of the molecule is CCc1cc(S(=O)(=O)C(C)C)c(C(F)(F)F)cc1C(=O)Cl. The van der Waals surface area contributed by atoms with E-state index in [0.717, 1.165) is 6.07 Å². The van der Waals surface area contributed by atoms with E-state index in [0.29, 0.717) is 6.07 Å². The Morgan fingerprint density at radius 2 is 1.81 bits per heavy atom. The van der Waals surface area contributed by atoms with Crippen molar-refractivity contribution in [3.63, 3.8) is 0 Å². The Kier molecular flexibility index (Phi) is 5.10. The van der Waals surface area contributed by atoms with Crippen LogP contribution >= 0.6 is 11.6 Å². The number of rotatable bonds is 4. The molecule has 118 valence electrons. The van der Waals surface area contributed by atoms with Gasteiger partial charge in [0, 0.05) is 5.56 Å². The highest BCUT2D eigenvalue weighted by atomic mass is 35.5. The third-order valence-electron chi connectivity index (χ3n) is 3.03. The molecule has 0 fully saturated rings. The predicted octanol–water partition coefficient (Wildman–Crippen LogP) is 3.83. The largest absolute Gasteiger partial charge is 0.417 e. The Balaban J connectivity index is 3.83. The maximum atomic E-state index is 13.1. The number of hydrogen-bond acceptors (Lipinski definition) is 3. The molecule has 0 aliphatic rings. The van der Waals surface area contributed by atoms with Gasteiger partial charge in [-0.1, -0.05) is 6.92 Å². The van der Waals surface area contributed by atoms with Gasteiger partial charge in [-0.2, -0.15) is 13.2 Å². The Hall–Kier alpha value is -1.08. The second-order valence-corrected chi connectivity index (χ2v) is 7.54. The number of hydrogen-bond donors (Lipinski definition) is 0. The van der Waals surface area contributed by atoms with E-state index in [4.69, 9.17) is 11.6 Å². The fourth-order valence-corrected chi connectivity index (χ4v) is 3.28. The minimum atomic E-state index is -4.90. The number of carbonyl (C=O) groups excluding carboxylic acids is 1. The van der Waals surface area contributed by atoms with E-state index in [1.807, 2.05) is 0 Å². The summed E-state index contributed by atoms with van der Waals surface area (Å²) in [7, 11) is -4.14. The maximum absolute atomic E-state index is 13.1. The van der Waals surface area contributed by atoms with Gasteiger partial charge in [-0.25, -0.2) is 8.42 Å². The van der Waals surface area contributed by atoms with Gasteiger partial charge in [0.2, 0.25) is 0 Å². The number of carbonyl (C=O) groups is 1. The Morgan fingerprint density at radius 1 is 1.29 bits per heavy atom. The molecule has 1 aromatic rings. The second kappa shape index (κ2) is 5.96. The van der Waals surface area contributed by atoms with Crippen molar-refractivity contribution in [1.82, 2.24) is 0 Å². The van der Waals surface area contributed by atoms with Crippen LogP contribution in [0.3, 0.4) is 0 Å². The smallest absolute Gasteiger partial charge is 0.276 e. The Bertz CT molecular complexity index is 664. The monoisotopic (exact) mass is 342 g/mol. The average molecular weight is 343 g/mol. The zero-order valence-electron chi connectivity index (χ0n) is 11.6. The topological polar surface area (TPSA) is 51.2 Å². The van der Waals surface area contributed by atoms with Crippen molar-refractivity contribution in [2.24, 2.45) is 0 Å².